The first-order valence-electron chi connectivity index (χ1n) is 4.68. The molecule has 0 aliphatic carbocycles. The van der Waals surface area contributed by atoms with Crippen molar-refractivity contribution in [3.63, 3.8) is 0 Å². The molecule has 0 fully saturated rings. The molecule has 0 spiro atoms. The van der Waals surface area contributed by atoms with Crippen LogP contribution in [0.2, 0.25) is 5.15 Å². The molecule has 2 rings (SSSR count). The van der Waals surface area contributed by atoms with Crippen molar-refractivity contribution in [1.82, 2.24) is 9.97 Å². The molecule has 0 bridgehead atoms. The van der Waals surface area contributed by atoms with Crippen LogP contribution in [0.25, 0.3) is 0 Å². The zero-order valence-electron chi connectivity index (χ0n) is 8.75. The molecule has 0 amide bonds. The summed E-state index contributed by atoms with van der Waals surface area (Å²) in [6.07, 6.45) is 1.29. The monoisotopic (exact) mass is 316 g/mol. The van der Waals surface area contributed by atoms with Crippen LogP contribution < -0.4 is 4.74 Å². The molecule has 1 aromatic carbocycles. The van der Waals surface area contributed by atoms with Gasteiger partial charge in [0.2, 0.25) is 5.88 Å². The van der Waals surface area contributed by atoms with Gasteiger partial charge in [-0.05, 0) is 35.0 Å². The molecule has 3 nitrogen and oxygen atoms in total. The molecule has 0 saturated carbocycles. The second-order valence-corrected chi connectivity index (χ2v) is 4.48. The van der Waals surface area contributed by atoms with Crippen LogP contribution >= 0.6 is 27.5 Å². The van der Waals surface area contributed by atoms with Gasteiger partial charge < -0.3 is 4.74 Å². The Morgan fingerprint density at radius 2 is 2.12 bits per heavy atom. The highest BCUT2D eigenvalue weighted by molar-refractivity contribution is 9.10. The summed E-state index contributed by atoms with van der Waals surface area (Å²) in [4.78, 5) is 7.74. The molecule has 0 aliphatic heterocycles. The number of hydrogen-bond donors (Lipinski definition) is 0. The van der Waals surface area contributed by atoms with Gasteiger partial charge in [0.25, 0.3) is 0 Å². The fraction of sp³-hybridized carbons (Fsp3) is 0.0909. The largest absolute Gasteiger partial charge is 0.438 e. The van der Waals surface area contributed by atoms with Crippen LogP contribution in [0.1, 0.15) is 5.56 Å². The standard InChI is InChI=1S/C11H7BrClFN2O/c1-6-10(13)15-5-16-11(6)17-7-2-3-8(12)9(14)4-7/h2-5H,1H3. The Kier molecular flexibility index (Phi) is 3.59. The van der Waals surface area contributed by atoms with Crippen LogP contribution in [0.15, 0.2) is 29.0 Å². The maximum Gasteiger partial charge on any atom is 0.226 e. The van der Waals surface area contributed by atoms with Crippen molar-refractivity contribution in [1.29, 1.82) is 0 Å². The van der Waals surface area contributed by atoms with Gasteiger partial charge >= 0.3 is 0 Å². The molecule has 17 heavy (non-hydrogen) atoms. The van der Waals surface area contributed by atoms with Gasteiger partial charge in [-0.2, -0.15) is 0 Å². The van der Waals surface area contributed by atoms with Crippen LogP contribution in [-0.2, 0) is 0 Å². The molecular weight excluding hydrogens is 310 g/mol. The van der Waals surface area contributed by atoms with Crippen LogP contribution in [-0.4, -0.2) is 9.97 Å². The smallest absolute Gasteiger partial charge is 0.226 e. The Labute approximate surface area is 111 Å². The van der Waals surface area contributed by atoms with Crippen molar-refractivity contribution >= 4 is 27.5 Å². The molecule has 1 heterocycles. The predicted molar refractivity (Wildman–Crippen MR) is 66.0 cm³/mol. The summed E-state index contributed by atoms with van der Waals surface area (Å²) in [6, 6.07) is 4.45. The Bertz CT molecular complexity index is 565. The van der Waals surface area contributed by atoms with Gasteiger partial charge in [-0.3, -0.25) is 0 Å². The highest BCUT2D eigenvalue weighted by Gasteiger charge is 2.08. The van der Waals surface area contributed by atoms with Crippen molar-refractivity contribution in [3.05, 3.63) is 45.5 Å². The molecule has 0 radical (unpaired) electrons. The number of halogens is 3. The van der Waals surface area contributed by atoms with E-state index in [-0.39, 0.29) is 0 Å². The molecule has 88 valence electrons. The summed E-state index contributed by atoms with van der Waals surface area (Å²) in [5, 5.41) is 0.313. The third-order valence-corrected chi connectivity index (χ3v) is 3.11. The number of benzene rings is 1. The van der Waals surface area contributed by atoms with Crippen molar-refractivity contribution in [2.45, 2.75) is 6.92 Å². The van der Waals surface area contributed by atoms with Crippen LogP contribution in [0.5, 0.6) is 11.6 Å². The van der Waals surface area contributed by atoms with Gasteiger partial charge in [-0.25, -0.2) is 14.4 Å². The van der Waals surface area contributed by atoms with E-state index < -0.39 is 5.82 Å². The van der Waals surface area contributed by atoms with Gasteiger partial charge in [0.15, 0.2) is 0 Å². The third kappa shape index (κ3) is 2.73. The lowest BCUT2D eigenvalue weighted by molar-refractivity contribution is 0.452. The van der Waals surface area contributed by atoms with Gasteiger partial charge in [0.05, 0.1) is 4.47 Å². The van der Waals surface area contributed by atoms with Gasteiger partial charge in [-0.1, -0.05) is 11.6 Å². The molecule has 1 aromatic heterocycles. The molecule has 0 unspecified atom stereocenters. The number of rotatable bonds is 2. The zero-order chi connectivity index (χ0) is 12.4. The number of ether oxygens (including phenoxy) is 1. The average molecular weight is 318 g/mol. The fourth-order valence-corrected chi connectivity index (χ4v) is 1.54. The van der Waals surface area contributed by atoms with Crippen LogP contribution in [0.4, 0.5) is 4.39 Å². The van der Waals surface area contributed by atoms with Crippen molar-refractivity contribution < 1.29 is 9.13 Å². The summed E-state index contributed by atoms with van der Waals surface area (Å²) in [5.41, 5.74) is 0.609. The van der Waals surface area contributed by atoms with Crippen LogP contribution in [0.3, 0.4) is 0 Å². The molecule has 6 heteroatoms. The van der Waals surface area contributed by atoms with E-state index in [1.807, 2.05) is 0 Å². The Hall–Kier alpha value is -1.20. The quantitative estimate of drug-likeness (QED) is 0.781. The van der Waals surface area contributed by atoms with E-state index >= 15 is 0 Å². The molecular formula is C11H7BrClFN2O. The second-order valence-electron chi connectivity index (χ2n) is 3.27. The summed E-state index contributed by atoms with van der Waals surface area (Å²) >= 11 is 8.89. The molecule has 0 aliphatic rings. The van der Waals surface area contributed by atoms with E-state index in [0.29, 0.717) is 26.8 Å². The van der Waals surface area contributed by atoms with E-state index in [1.54, 1.807) is 19.1 Å². The highest BCUT2D eigenvalue weighted by Crippen LogP contribution is 2.28. The SMILES string of the molecule is Cc1c(Cl)ncnc1Oc1ccc(Br)c(F)c1. The predicted octanol–water partition coefficient (Wildman–Crippen LogP) is 4.13. The minimum absolute atomic E-state index is 0.312. The van der Waals surface area contributed by atoms with Crippen molar-refractivity contribution in [2.24, 2.45) is 0 Å². The third-order valence-electron chi connectivity index (χ3n) is 2.08. The first kappa shape index (κ1) is 12.3. The van der Waals surface area contributed by atoms with E-state index in [0.717, 1.165) is 0 Å². The van der Waals surface area contributed by atoms with Gasteiger partial charge in [-0.15, -0.1) is 0 Å². The first-order valence-corrected chi connectivity index (χ1v) is 5.85. The molecule has 0 atom stereocenters. The molecule has 0 N–H and O–H groups in total. The number of hydrogen-bond acceptors (Lipinski definition) is 3. The lowest BCUT2D eigenvalue weighted by Gasteiger charge is -2.08. The maximum atomic E-state index is 13.3. The zero-order valence-corrected chi connectivity index (χ0v) is 11.1. The van der Waals surface area contributed by atoms with Gasteiger partial charge in [0.1, 0.15) is 23.0 Å². The minimum atomic E-state index is -0.402. The van der Waals surface area contributed by atoms with E-state index in [9.17, 15) is 4.39 Å². The summed E-state index contributed by atoms with van der Waals surface area (Å²) < 4.78 is 19.1. The fourth-order valence-electron chi connectivity index (χ4n) is 1.17. The number of nitrogens with zero attached hydrogens (tertiary/aromatic N) is 2. The average Bonchev–Trinajstić information content (AvgIpc) is 2.30. The van der Waals surface area contributed by atoms with Crippen LogP contribution in [0, 0.1) is 12.7 Å². The molecule has 0 saturated heterocycles. The molecule has 2 aromatic rings. The maximum absolute atomic E-state index is 13.3. The van der Waals surface area contributed by atoms with E-state index in [1.165, 1.54) is 12.4 Å². The first-order chi connectivity index (χ1) is 8.08. The Balaban J connectivity index is 2.31. The van der Waals surface area contributed by atoms with Crippen molar-refractivity contribution in [3.8, 4) is 11.6 Å². The van der Waals surface area contributed by atoms with Crippen molar-refractivity contribution in [2.75, 3.05) is 0 Å². The summed E-state index contributed by atoms with van der Waals surface area (Å²) in [5.74, 6) is 0.260. The second kappa shape index (κ2) is 4.98. The normalized spacial score (nSPS) is 10.4. The summed E-state index contributed by atoms with van der Waals surface area (Å²) in [7, 11) is 0. The lowest BCUT2D eigenvalue weighted by Crippen LogP contribution is -1.94. The van der Waals surface area contributed by atoms with E-state index in [4.69, 9.17) is 16.3 Å². The topological polar surface area (TPSA) is 35.0 Å². The Morgan fingerprint density at radius 1 is 1.35 bits per heavy atom. The number of aromatic nitrogens is 2. The summed E-state index contributed by atoms with van der Waals surface area (Å²) in [6.45, 7) is 1.73. The van der Waals surface area contributed by atoms with E-state index in [2.05, 4.69) is 25.9 Å². The Morgan fingerprint density at radius 3 is 2.82 bits per heavy atom. The minimum Gasteiger partial charge on any atom is -0.438 e. The highest BCUT2D eigenvalue weighted by atomic mass is 79.9. The lowest BCUT2D eigenvalue weighted by atomic mass is 10.3. The van der Waals surface area contributed by atoms with Gasteiger partial charge in [0, 0.05) is 11.6 Å².